The van der Waals surface area contributed by atoms with Crippen molar-refractivity contribution < 1.29 is 19.0 Å². The molecule has 142 valence electrons. The first-order chi connectivity index (χ1) is 12.3. The molecule has 4 nitrogen and oxygen atoms in total. The second-order valence-electron chi connectivity index (χ2n) is 6.38. The SMILES string of the molecule is C=C(C)C(=C)Oc1cc(OCCCCCCC)cc(OC(=O)C(=C)C)c1. The van der Waals surface area contributed by atoms with Crippen molar-refractivity contribution in [2.75, 3.05) is 6.61 Å². The lowest BCUT2D eigenvalue weighted by atomic mass is 10.2. The summed E-state index contributed by atoms with van der Waals surface area (Å²) in [5.74, 6) is 1.35. The van der Waals surface area contributed by atoms with Crippen molar-refractivity contribution in [2.24, 2.45) is 0 Å². The van der Waals surface area contributed by atoms with E-state index in [2.05, 4.69) is 26.7 Å². The molecular weight excluding hydrogens is 328 g/mol. The summed E-state index contributed by atoms with van der Waals surface area (Å²) in [5.41, 5.74) is 1.04. The number of unbranched alkanes of at least 4 members (excludes halogenated alkanes) is 4. The zero-order valence-corrected chi connectivity index (χ0v) is 16.2. The number of carbonyl (C=O) groups excluding carboxylic acids is 1. The normalized spacial score (nSPS) is 10.1. The van der Waals surface area contributed by atoms with Crippen LogP contribution in [0.3, 0.4) is 0 Å². The molecule has 0 fully saturated rings. The van der Waals surface area contributed by atoms with Gasteiger partial charge in [0.25, 0.3) is 0 Å². The van der Waals surface area contributed by atoms with Crippen molar-refractivity contribution in [1.29, 1.82) is 0 Å². The lowest BCUT2D eigenvalue weighted by Crippen LogP contribution is -2.08. The molecule has 0 amide bonds. The molecule has 0 heterocycles. The van der Waals surface area contributed by atoms with Crippen LogP contribution in [-0.2, 0) is 4.79 Å². The Bertz CT molecular complexity index is 612. The summed E-state index contributed by atoms with van der Waals surface area (Å²) in [7, 11) is 0. The molecule has 0 spiro atoms. The van der Waals surface area contributed by atoms with Gasteiger partial charge in [-0.05, 0) is 25.8 Å². The summed E-state index contributed by atoms with van der Waals surface area (Å²) >= 11 is 0. The first-order valence-electron chi connectivity index (χ1n) is 9.01. The monoisotopic (exact) mass is 358 g/mol. The van der Waals surface area contributed by atoms with Crippen LogP contribution in [0.25, 0.3) is 0 Å². The minimum atomic E-state index is -0.494. The van der Waals surface area contributed by atoms with Crippen molar-refractivity contribution in [1.82, 2.24) is 0 Å². The zero-order valence-electron chi connectivity index (χ0n) is 16.2. The van der Waals surface area contributed by atoms with E-state index in [1.54, 1.807) is 32.0 Å². The predicted molar refractivity (Wildman–Crippen MR) is 106 cm³/mol. The number of esters is 1. The first kappa shape index (κ1) is 21.6. The van der Waals surface area contributed by atoms with Crippen LogP contribution in [0, 0.1) is 0 Å². The average molecular weight is 358 g/mol. The second-order valence-corrected chi connectivity index (χ2v) is 6.38. The third-order valence-electron chi connectivity index (χ3n) is 3.65. The van der Waals surface area contributed by atoms with Gasteiger partial charge >= 0.3 is 5.97 Å². The van der Waals surface area contributed by atoms with Crippen LogP contribution in [0.5, 0.6) is 17.2 Å². The molecular formula is C22H30O4. The lowest BCUT2D eigenvalue weighted by Gasteiger charge is -2.13. The van der Waals surface area contributed by atoms with Gasteiger partial charge in [-0.25, -0.2) is 4.79 Å². The second kappa shape index (κ2) is 11.2. The molecule has 0 saturated heterocycles. The third kappa shape index (κ3) is 8.06. The van der Waals surface area contributed by atoms with E-state index in [0.29, 0.717) is 40.8 Å². The van der Waals surface area contributed by atoms with Gasteiger partial charge in [0, 0.05) is 23.8 Å². The number of allylic oxidation sites excluding steroid dienone is 1. The highest BCUT2D eigenvalue weighted by Crippen LogP contribution is 2.30. The van der Waals surface area contributed by atoms with E-state index >= 15 is 0 Å². The molecule has 1 rings (SSSR count). The predicted octanol–water partition coefficient (Wildman–Crippen LogP) is 5.99. The van der Waals surface area contributed by atoms with Crippen molar-refractivity contribution in [3.63, 3.8) is 0 Å². The molecule has 4 heteroatoms. The molecule has 0 bridgehead atoms. The van der Waals surface area contributed by atoms with Crippen molar-refractivity contribution in [2.45, 2.75) is 52.9 Å². The molecule has 0 aliphatic rings. The van der Waals surface area contributed by atoms with E-state index in [9.17, 15) is 4.79 Å². The summed E-state index contributed by atoms with van der Waals surface area (Å²) < 4.78 is 16.8. The number of hydrogen-bond donors (Lipinski definition) is 0. The van der Waals surface area contributed by atoms with Crippen LogP contribution in [0.15, 0.2) is 54.8 Å². The van der Waals surface area contributed by atoms with Crippen molar-refractivity contribution in [3.05, 3.63) is 54.8 Å². The van der Waals surface area contributed by atoms with Gasteiger partial charge in [0.15, 0.2) is 0 Å². The highest BCUT2D eigenvalue weighted by Gasteiger charge is 2.11. The fourth-order valence-electron chi connectivity index (χ4n) is 2.07. The van der Waals surface area contributed by atoms with Crippen LogP contribution < -0.4 is 14.2 Å². The molecule has 26 heavy (non-hydrogen) atoms. The summed E-state index contributed by atoms with van der Waals surface area (Å²) in [4.78, 5) is 11.8. The fourth-order valence-corrected chi connectivity index (χ4v) is 2.07. The molecule has 1 aromatic carbocycles. The van der Waals surface area contributed by atoms with Crippen LogP contribution in [0.1, 0.15) is 52.9 Å². The number of carbonyl (C=O) groups is 1. The summed E-state index contributed by atoms with van der Waals surface area (Å²) in [5, 5.41) is 0. The van der Waals surface area contributed by atoms with Crippen molar-refractivity contribution in [3.8, 4) is 17.2 Å². The Labute approximate surface area is 157 Å². The summed E-state index contributed by atoms with van der Waals surface area (Å²) in [6, 6.07) is 5.03. The van der Waals surface area contributed by atoms with Gasteiger partial charge in [0.05, 0.1) is 6.61 Å². The maximum Gasteiger partial charge on any atom is 0.338 e. The molecule has 1 aromatic rings. The molecule has 0 aromatic heterocycles. The van der Waals surface area contributed by atoms with E-state index in [1.165, 1.54) is 19.3 Å². The van der Waals surface area contributed by atoms with Crippen LogP contribution in [0.4, 0.5) is 0 Å². The highest BCUT2D eigenvalue weighted by atomic mass is 16.5. The number of rotatable bonds is 12. The maximum atomic E-state index is 11.8. The van der Waals surface area contributed by atoms with Gasteiger partial charge in [0.2, 0.25) is 0 Å². The van der Waals surface area contributed by atoms with E-state index in [-0.39, 0.29) is 0 Å². The first-order valence-corrected chi connectivity index (χ1v) is 9.01. The largest absolute Gasteiger partial charge is 0.493 e. The van der Waals surface area contributed by atoms with Crippen molar-refractivity contribution >= 4 is 5.97 Å². The molecule has 0 unspecified atom stereocenters. The van der Waals surface area contributed by atoms with E-state index in [4.69, 9.17) is 14.2 Å². The van der Waals surface area contributed by atoms with Crippen LogP contribution in [0.2, 0.25) is 0 Å². The third-order valence-corrected chi connectivity index (χ3v) is 3.65. The Hall–Kier alpha value is -2.49. The molecule has 0 saturated carbocycles. The highest BCUT2D eigenvalue weighted by molar-refractivity contribution is 5.88. The van der Waals surface area contributed by atoms with Gasteiger partial charge in [-0.2, -0.15) is 0 Å². The molecule has 0 N–H and O–H groups in total. The fraction of sp³-hybridized carbons (Fsp3) is 0.409. The van der Waals surface area contributed by atoms with E-state index in [0.717, 1.165) is 12.8 Å². The zero-order chi connectivity index (χ0) is 19.5. The minimum Gasteiger partial charge on any atom is -0.493 e. The average Bonchev–Trinajstić information content (AvgIpc) is 2.57. The van der Waals surface area contributed by atoms with Crippen LogP contribution >= 0.6 is 0 Å². The Kier molecular flexibility index (Phi) is 9.27. The Morgan fingerprint density at radius 1 is 0.846 bits per heavy atom. The van der Waals surface area contributed by atoms with E-state index in [1.807, 2.05) is 0 Å². The Morgan fingerprint density at radius 2 is 1.42 bits per heavy atom. The Morgan fingerprint density at radius 3 is 2.00 bits per heavy atom. The maximum absolute atomic E-state index is 11.8. The number of benzene rings is 1. The van der Waals surface area contributed by atoms with Gasteiger partial charge in [-0.3, -0.25) is 0 Å². The quantitative estimate of drug-likeness (QED) is 0.115. The van der Waals surface area contributed by atoms with Gasteiger partial charge in [0.1, 0.15) is 23.0 Å². The number of hydrogen-bond acceptors (Lipinski definition) is 4. The molecule has 0 aliphatic heterocycles. The molecule has 0 aliphatic carbocycles. The topological polar surface area (TPSA) is 44.8 Å². The van der Waals surface area contributed by atoms with E-state index < -0.39 is 5.97 Å². The molecule has 0 radical (unpaired) electrons. The molecule has 0 atom stereocenters. The summed E-state index contributed by atoms with van der Waals surface area (Å²) in [6.45, 7) is 17.4. The lowest BCUT2D eigenvalue weighted by molar-refractivity contribution is -0.130. The van der Waals surface area contributed by atoms with Gasteiger partial charge < -0.3 is 14.2 Å². The summed E-state index contributed by atoms with van der Waals surface area (Å²) in [6.07, 6.45) is 5.78. The van der Waals surface area contributed by atoms with Gasteiger partial charge in [-0.15, -0.1) is 0 Å². The number of ether oxygens (including phenoxy) is 3. The van der Waals surface area contributed by atoms with Crippen LogP contribution in [-0.4, -0.2) is 12.6 Å². The smallest absolute Gasteiger partial charge is 0.338 e. The van der Waals surface area contributed by atoms with Gasteiger partial charge in [-0.1, -0.05) is 52.3 Å². The minimum absolute atomic E-state index is 0.320. The standard InChI is InChI=1S/C22H30O4/c1-7-8-9-10-11-12-24-19-13-20(25-18(6)16(2)3)15-21(14-19)26-22(23)17(4)5/h13-15H,2,4,6-12H2,1,3,5H3. The Balaban J connectivity index is 2.82.